The van der Waals surface area contributed by atoms with E-state index in [0.29, 0.717) is 22.7 Å². The first kappa shape index (κ1) is 15.3. The molecule has 0 fully saturated rings. The fraction of sp³-hybridized carbons (Fsp3) is 0.111. The summed E-state index contributed by atoms with van der Waals surface area (Å²) in [5.74, 6) is -0.216. The van der Waals surface area contributed by atoms with Gasteiger partial charge in [-0.1, -0.05) is 35.9 Å². The second-order valence-corrected chi connectivity index (χ2v) is 5.72. The molecular weight excluding hydrogens is 312 g/mol. The molecule has 0 spiro atoms. The van der Waals surface area contributed by atoms with E-state index < -0.39 is 0 Å². The molecule has 0 atom stereocenters. The van der Waals surface area contributed by atoms with Gasteiger partial charge >= 0.3 is 0 Å². The zero-order valence-electron chi connectivity index (χ0n) is 12.5. The van der Waals surface area contributed by atoms with Crippen LogP contribution < -0.4 is 5.32 Å². The van der Waals surface area contributed by atoms with E-state index >= 15 is 0 Å². The van der Waals surface area contributed by atoms with Gasteiger partial charge in [0.15, 0.2) is 0 Å². The Balaban J connectivity index is 1.90. The Morgan fingerprint density at radius 3 is 2.78 bits per heavy atom. The van der Waals surface area contributed by atoms with E-state index in [4.69, 9.17) is 11.6 Å². The predicted octanol–water partition coefficient (Wildman–Crippen LogP) is 3.83. The van der Waals surface area contributed by atoms with E-state index in [1.807, 2.05) is 35.9 Å². The van der Waals surface area contributed by atoms with Gasteiger partial charge in [0.25, 0.3) is 5.91 Å². The lowest BCUT2D eigenvalue weighted by Gasteiger charge is -2.08. The fourth-order valence-corrected chi connectivity index (χ4v) is 2.85. The third-order valence-electron chi connectivity index (χ3n) is 3.74. The molecule has 0 bridgehead atoms. The normalized spacial score (nSPS) is 10.7. The number of nitrogens with zero attached hydrogens (tertiary/aromatic N) is 1. The Morgan fingerprint density at radius 1 is 1.26 bits per heavy atom. The number of carbonyl (C=O) groups excluding carboxylic acids is 2. The van der Waals surface area contributed by atoms with Gasteiger partial charge in [-0.3, -0.25) is 4.79 Å². The molecule has 23 heavy (non-hydrogen) atoms. The summed E-state index contributed by atoms with van der Waals surface area (Å²) in [6.07, 6.45) is 2.92. The highest BCUT2D eigenvalue weighted by atomic mass is 35.5. The molecule has 0 unspecified atom stereocenters. The Morgan fingerprint density at radius 2 is 2.04 bits per heavy atom. The van der Waals surface area contributed by atoms with Gasteiger partial charge in [0.2, 0.25) is 0 Å². The van der Waals surface area contributed by atoms with Crippen molar-refractivity contribution in [2.24, 2.45) is 7.05 Å². The highest BCUT2D eigenvalue weighted by Gasteiger charge is 2.15. The van der Waals surface area contributed by atoms with Crippen molar-refractivity contribution in [2.45, 2.75) is 6.42 Å². The highest BCUT2D eigenvalue weighted by molar-refractivity contribution is 6.34. The molecule has 1 amide bonds. The molecule has 1 N–H and O–H groups in total. The van der Waals surface area contributed by atoms with Crippen molar-refractivity contribution in [3.63, 3.8) is 0 Å². The first-order valence-corrected chi connectivity index (χ1v) is 7.55. The standard InChI is InChI=1S/C18H15ClN2O2/c1-21-11-14(13-4-2-3-5-17(13)21)18(23)20-16-7-6-12(8-9-22)10-15(16)19/h2-7,9-11H,8H2,1H3,(H,20,23). The number of carbonyl (C=O) groups is 2. The highest BCUT2D eigenvalue weighted by Crippen LogP contribution is 2.26. The number of aldehydes is 1. The molecule has 0 aliphatic carbocycles. The second kappa shape index (κ2) is 6.26. The number of hydrogen-bond donors (Lipinski definition) is 1. The smallest absolute Gasteiger partial charge is 0.257 e. The number of rotatable bonds is 4. The molecule has 116 valence electrons. The number of fused-ring (bicyclic) bond motifs is 1. The SMILES string of the molecule is Cn1cc(C(=O)Nc2ccc(CC=O)cc2Cl)c2ccccc21. The first-order valence-electron chi connectivity index (χ1n) is 7.17. The van der Waals surface area contributed by atoms with Crippen LogP contribution in [0.1, 0.15) is 15.9 Å². The number of halogens is 1. The summed E-state index contributed by atoms with van der Waals surface area (Å²) in [5, 5.41) is 4.13. The van der Waals surface area contributed by atoms with Crippen LogP contribution in [0.15, 0.2) is 48.7 Å². The van der Waals surface area contributed by atoms with Crippen LogP contribution in [-0.4, -0.2) is 16.8 Å². The van der Waals surface area contributed by atoms with Gasteiger partial charge in [-0.15, -0.1) is 0 Å². The van der Waals surface area contributed by atoms with E-state index in [-0.39, 0.29) is 5.91 Å². The largest absolute Gasteiger partial charge is 0.350 e. The Hall–Kier alpha value is -2.59. The van der Waals surface area contributed by atoms with Gasteiger partial charge in [-0.2, -0.15) is 0 Å². The Bertz CT molecular complexity index is 899. The lowest BCUT2D eigenvalue weighted by Crippen LogP contribution is -2.12. The molecule has 3 rings (SSSR count). The van der Waals surface area contributed by atoms with Gasteiger partial charge in [-0.25, -0.2) is 0 Å². The molecule has 2 aromatic carbocycles. The number of para-hydroxylation sites is 1. The van der Waals surface area contributed by atoms with Crippen LogP contribution in [0.5, 0.6) is 0 Å². The van der Waals surface area contributed by atoms with E-state index in [9.17, 15) is 9.59 Å². The van der Waals surface area contributed by atoms with Crippen molar-refractivity contribution in [1.29, 1.82) is 0 Å². The summed E-state index contributed by atoms with van der Waals surface area (Å²) in [6, 6.07) is 12.9. The van der Waals surface area contributed by atoms with Crippen molar-refractivity contribution in [3.05, 3.63) is 64.8 Å². The lowest BCUT2D eigenvalue weighted by atomic mass is 10.1. The average molecular weight is 327 g/mol. The van der Waals surface area contributed by atoms with Crippen LogP contribution >= 0.6 is 11.6 Å². The zero-order chi connectivity index (χ0) is 16.4. The summed E-state index contributed by atoms with van der Waals surface area (Å²) >= 11 is 6.18. The molecule has 0 saturated heterocycles. The van der Waals surface area contributed by atoms with Crippen LogP contribution in [0, 0.1) is 0 Å². The van der Waals surface area contributed by atoms with Gasteiger partial charge in [-0.05, 0) is 23.8 Å². The molecule has 3 aromatic rings. The van der Waals surface area contributed by atoms with Crippen LogP contribution in [-0.2, 0) is 18.3 Å². The number of anilines is 1. The summed E-state index contributed by atoms with van der Waals surface area (Å²) < 4.78 is 1.92. The van der Waals surface area contributed by atoms with E-state index in [1.54, 1.807) is 24.4 Å². The third-order valence-corrected chi connectivity index (χ3v) is 4.06. The van der Waals surface area contributed by atoms with Gasteiger partial charge in [0.05, 0.1) is 16.3 Å². The molecule has 0 saturated carbocycles. The molecule has 0 aliphatic rings. The lowest BCUT2D eigenvalue weighted by molar-refractivity contribution is -0.107. The molecular formula is C18H15ClN2O2. The quantitative estimate of drug-likeness (QED) is 0.741. The summed E-state index contributed by atoms with van der Waals surface area (Å²) in [6.45, 7) is 0. The van der Waals surface area contributed by atoms with Gasteiger partial charge in [0.1, 0.15) is 6.29 Å². The molecule has 5 heteroatoms. The van der Waals surface area contributed by atoms with Crippen molar-refractivity contribution >= 4 is 40.4 Å². The third kappa shape index (κ3) is 2.98. The summed E-state index contributed by atoms with van der Waals surface area (Å²) in [5.41, 5.74) is 2.92. The molecule has 0 aliphatic heterocycles. The molecule has 0 radical (unpaired) electrons. The number of aromatic nitrogens is 1. The second-order valence-electron chi connectivity index (χ2n) is 5.31. The Kier molecular flexibility index (Phi) is 4.17. The summed E-state index contributed by atoms with van der Waals surface area (Å²) in [7, 11) is 1.90. The molecule has 4 nitrogen and oxygen atoms in total. The first-order chi connectivity index (χ1) is 11.1. The number of benzene rings is 2. The molecule has 1 heterocycles. The monoisotopic (exact) mass is 326 g/mol. The minimum Gasteiger partial charge on any atom is -0.350 e. The average Bonchev–Trinajstić information content (AvgIpc) is 2.88. The number of aryl methyl sites for hydroxylation is 1. The van der Waals surface area contributed by atoms with Gasteiger partial charge < -0.3 is 14.7 Å². The van der Waals surface area contributed by atoms with Crippen molar-refractivity contribution < 1.29 is 9.59 Å². The Labute approximate surface area is 138 Å². The van der Waals surface area contributed by atoms with Crippen molar-refractivity contribution in [1.82, 2.24) is 4.57 Å². The number of amides is 1. The van der Waals surface area contributed by atoms with Crippen LogP contribution in [0.25, 0.3) is 10.9 Å². The maximum atomic E-state index is 12.6. The van der Waals surface area contributed by atoms with Crippen LogP contribution in [0.4, 0.5) is 5.69 Å². The topological polar surface area (TPSA) is 51.1 Å². The minimum atomic E-state index is -0.216. The van der Waals surface area contributed by atoms with Gasteiger partial charge in [0, 0.05) is 30.6 Å². The van der Waals surface area contributed by atoms with Crippen LogP contribution in [0.2, 0.25) is 5.02 Å². The van der Waals surface area contributed by atoms with E-state index in [1.165, 1.54) is 0 Å². The van der Waals surface area contributed by atoms with E-state index in [0.717, 1.165) is 22.8 Å². The minimum absolute atomic E-state index is 0.216. The zero-order valence-corrected chi connectivity index (χ0v) is 13.3. The van der Waals surface area contributed by atoms with Crippen molar-refractivity contribution in [2.75, 3.05) is 5.32 Å². The summed E-state index contributed by atoms with van der Waals surface area (Å²) in [4.78, 5) is 23.1. The predicted molar refractivity (Wildman–Crippen MR) is 92.1 cm³/mol. The maximum absolute atomic E-state index is 12.6. The fourth-order valence-electron chi connectivity index (χ4n) is 2.60. The molecule has 1 aromatic heterocycles. The maximum Gasteiger partial charge on any atom is 0.257 e. The van der Waals surface area contributed by atoms with Crippen LogP contribution in [0.3, 0.4) is 0 Å². The van der Waals surface area contributed by atoms with Crippen molar-refractivity contribution in [3.8, 4) is 0 Å². The number of hydrogen-bond acceptors (Lipinski definition) is 2. The number of nitrogens with one attached hydrogen (secondary N) is 1. The van der Waals surface area contributed by atoms with E-state index in [2.05, 4.69) is 5.32 Å².